The van der Waals surface area contributed by atoms with Gasteiger partial charge in [-0.1, -0.05) is 12.8 Å². The minimum Gasteiger partial charge on any atom is -0.377 e. The van der Waals surface area contributed by atoms with Crippen molar-refractivity contribution in [3.8, 4) is 0 Å². The van der Waals surface area contributed by atoms with Crippen molar-refractivity contribution in [2.24, 2.45) is 22.1 Å². The molecule has 0 radical (unpaired) electrons. The highest BCUT2D eigenvalue weighted by atomic mass is 127. The lowest BCUT2D eigenvalue weighted by molar-refractivity contribution is -0.117. The van der Waals surface area contributed by atoms with E-state index in [1.807, 2.05) is 0 Å². The van der Waals surface area contributed by atoms with E-state index in [1.54, 1.807) is 0 Å². The molecule has 126 valence electrons. The lowest BCUT2D eigenvalue weighted by atomic mass is 9.54. The summed E-state index contributed by atoms with van der Waals surface area (Å²) in [5, 5.41) is 0. The Hall–Kier alpha value is -0.0800. The number of guanidine groups is 1. The maximum atomic E-state index is 6.33. The molecule has 0 bridgehead atoms. The van der Waals surface area contributed by atoms with Gasteiger partial charge in [-0.2, -0.15) is 0 Å². The van der Waals surface area contributed by atoms with Crippen molar-refractivity contribution in [3.63, 3.8) is 0 Å². The molecule has 2 saturated carbocycles. The normalized spacial score (nSPS) is 40.2. The van der Waals surface area contributed by atoms with Crippen molar-refractivity contribution in [1.29, 1.82) is 0 Å². The Morgan fingerprint density at radius 2 is 2.00 bits per heavy atom. The van der Waals surface area contributed by atoms with Crippen molar-refractivity contribution in [3.05, 3.63) is 0 Å². The maximum Gasteiger partial charge on any atom is 0.191 e. The summed E-state index contributed by atoms with van der Waals surface area (Å²) in [5.74, 6) is 1.34. The Kier molecular flexibility index (Phi) is 4.90. The van der Waals surface area contributed by atoms with Gasteiger partial charge in [0.15, 0.2) is 5.96 Å². The van der Waals surface area contributed by atoms with Crippen molar-refractivity contribution >= 4 is 29.9 Å². The molecule has 2 N–H and O–H groups in total. The Labute approximate surface area is 150 Å². The molecule has 4 fully saturated rings. The predicted molar refractivity (Wildman–Crippen MR) is 96.6 cm³/mol. The summed E-state index contributed by atoms with van der Waals surface area (Å²) in [4.78, 5) is 7.20. The fraction of sp³-hybridized carbons (Fsp3) is 0.938. The van der Waals surface area contributed by atoms with Crippen LogP contribution in [0.25, 0.3) is 0 Å². The van der Waals surface area contributed by atoms with Crippen molar-refractivity contribution in [1.82, 2.24) is 4.90 Å². The second kappa shape index (κ2) is 6.43. The highest BCUT2D eigenvalue weighted by Crippen LogP contribution is 2.62. The first-order valence-corrected chi connectivity index (χ1v) is 8.52. The van der Waals surface area contributed by atoms with Crippen LogP contribution in [0, 0.1) is 11.3 Å². The van der Waals surface area contributed by atoms with Crippen LogP contribution in [0.1, 0.15) is 39.0 Å². The molecule has 4 rings (SSSR count). The average Bonchev–Trinajstić information content (AvgIpc) is 3.12. The molecule has 5 nitrogen and oxygen atoms in total. The molecular formula is C16H28IN3O2. The summed E-state index contributed by atoms with van der Waals surface area (Å²) in [5.41, 5.74) is 6.64. The standard InChI is InChI=1S/C16H27N3O2.HI/c1-11-10-19(7-9-20-11)15(17)18-13-12-4-8-21-14(12)16(13)5-2-3-6-16;/h11-14H,2-10H2,1H3,(H2,17,18);1H. The number of rotatable bonds is 1. The zero-order valence-corrected chi connectivity index (χ0v) is 15.7. The number of hydrogen-bond donors (Lipinski definition) is 1. The smallest absolute Gasteiger partial charge is 0.191 e. The molecule has 6 heteroatoms. The topological polar surface area (TPSA) is 60.1 Å². The van der Waals surface area contributed by atoms with Gasteiger partial charge in [0.05, 0.1) is 24.9 Å². The molecule has 2 heterocycles. The van der Waals surface area contributed by atoms with Crippen LogP contribution in [0.2, 0.25) is 0 Å². The Morgan fingerprint density at radius 1 is 1.23 bits per heavy atom. The average molecular weight is 421 g/mol. The first-order chi connectivity index (χ1) is 10.2. The van der Waals surface area contributed by atoms with E-state index in [0.717, 1.165) is 38.7 Å². The van der Waals surface area contributed by atoms with Crippen LogP contribution in [0.4, 0.5) is 0 Å². The van der Waals surface area contributed by atoms with E-state index in [9.17, 15) is 0 Å². The number of aliphatic imine (C=N–C) groups is 1. The first-order valence-electron chi connectivity index (χ1n) is 8.52. The van der Waals surface area contributed by atoms with Gasteiger partial charge < -0.3 is 20.1 Å². The highest BCUT2D eigenvalue weighted by molar-refractivity contribution is 14.0. The lowest BCUT2D eigenvalue weighted by Crippen LogP contribution is -2.62. The fourth-order valence-corrected chi connectivity index (χ4v) is 5.09. The predicted octanol–water partition coefficient (Wildman–Crippen LogP) is 1.99. The number of nitrogens with two attached hydrogens (primary N) is 1. The Balaban J connectivity index is 0.00000144. The summed E-state index contributed by atoms with van der Waals surface area (Å²) in [6, 6.07) is 0.394. The Morgan fingerprint density at radius 3 is 2.73 bits per heavy atom. The third-order valence-electron chi connectivity index (χ3n) is 6.07. The first kappa shape index (κ1) is 16.8. The number of morpholine rings is 1. The van der Waals surface area contributed by atoms with E-state index in [0.29, 0.717) is 23.5 Å². The quantitative estimate of drug-likeness (QED) is 0.400. The summed E-state index contributed by atoms with van der Waals surface area (Å²) in [6.45, 7) is 5.49. The molecule has 4 aliphatic rings. The second-order valence-electron chi connectivity index (χ2n) is 7.24. The molecule has 0 aromatic carbocycles. The van der Waals surface area contributed by atoms with Crippen molar-refractivity contribution < 1.29 is 9.47 Å². The third-order valence-corrected chi connectivity index (χ3v) is 6.07. The Bertz CT molecular complexity index is 439. The van der Waals surface area contributed by atoms with Gasteiger partial charge in [-0.15, -0.1) is 24.0 Å². The zero-order chi connectivity index (χ0) is 14.4. The van der Waals surface area contributed by atoms with Gasteiger partial charge in [-0.25, -0.2) is 4.99 Å². The fourth-order valence-electron chi connectivity index (χ4n) is 5.09. The number of ether oxygens (including phenoxy) is 2. The molecule has 0 amide bonds. The van der Waals surface area contributed by atoms with Crippen molar-refractivity contribution in [2.45, 2.75) is 57.3 Å². The molecule has 0 aromatic rings. The van der Waals surface area contributed by atoms with Gasteiger partial charge in [-0.05, 0) is 26.2 Å². The SMILES string of the molecule is CC1CN(C(N)=NC2C3CCOC3C23CCCC3)CCO1.I. The summed E-state index contributed by atoms with van der Waals surface area (Å²) < 4.78 is 11.6. The van der Waals surface area contributed by atoms with Crippen LogP contribution in [0.5, 0.6) is 0 Å². The minimum atomic E-state index is 0. The van der Waals surface area contributed by atoms with Crippen LogP contribution in [0.15, 0.2) is 4.99 Å². The van der Waals surface area contributed by atoms with Crippen LogP contribution < -0.4 is 5.73 Å². The molecule has 0 aromatic heterocycles. The lowest BCUT2D eigenvalue weighted by Gasteiger charge is -2.55. The van der Waals surface area contributed by atoms with E-state index < -0.39 is 0 Å². The largest absolute Gasteiger partial charge is 0.377 e. The van der Waals surface area contributed by atoms with Gasteiger partial charge in [0, 0.05) is 31.0 Å². The van der Waals surface area contributed by atoms with E-state index in [2.05, 4.69) is 11.8 Å². The molecule has 22 heavy (non-hydrogen) atoms. The number of nitrogens with zero attached hydrogens (tertiary/aromatic N) is 2. The summed E-state index contributed by atoms with van der Waals surface area (Å²) in [6.07, 6.45) is 7.07. The third kappa shape index (κ3) is 2.55. The monoisotopic (exact) mass is 421 g/mol. The van der Waals surface area contributed by atoms with E-state index >= 15 is 0 Å². The molecule has 4 atom stereocenters. The molecule has 2 aliphatic heterocycles. The highest BCUT2D eigenvalue weighted by Gasteiger charge is 2.65. The summed E-state index contributed by atoms with van der Waals surface area (Å²) >= 11 is 0. The molecule has 1 spiro atoms. The van der Waals surface area contributed by atoms with E-state index in [4.69, 9.17) is 20.2 Å². The van der Waals surface area contributed by atoms with Crippen LogP contribution in [0.3, 0.4) is 0 Å². The zero-order valence-electron chi connectivity index (χ0n) is 13.4. The molecule has 2 aliphatic carbocycles. The molecular weight excluding hydrogens is 393 g/mol. The van der Waals surface area contributed by atoms with Crippen LogP contribution >= 0.6 is 24.0 Å². The number of halogens is 1. The minimum absolute atomic E-state index is 0. The van der Waals surface area contributed by atoms with Crippen molar-refractivity contribution in [2.75, 3.05) is 26.3 Å². The number of hydrogen-bond acceptors (Lipinski definition) is 3. The van der Waals surface area contributed by atoms with Gasteiger partial charge in [0.1, 0.15) is 0 Å². The molecule has 4 unspecified atom stereocenters. The second-order valence-corrected chi connectivity index (χ2v) is 7.24. The maximum absolute atomic E-state index is 6.33. The van der Waals surface area contributed by atoms with Crippen LogP contribution in [-0.2, 0) is 9.47 Å². The van der Waals surface area contributed by atoms with Crippen LogP contribution in [-0.4, -0.2) is 55.4 Å². The van der Waals surface area contributed by atoms with Gasteiger partial charge in [0.2, 0.25) is 0 Å². The van der Waals surface area contributed by atoms with Gasteiger partial charge >= 0.3 is 0 Å². The van der Waals surface area contributed by atoms with E-state index in [-0.39, 0.29) is 30.1 Å². The summed E-state index contributed by atoms with van der Waals surface area (Å²) in [7, 11) is 0. The van der Waals surface area contributed by atoms with E-state index in [1.165, 1.54) is 25.7 Å². The number of fused-ring (bicyclic) bond motifs is 2. The molecule has 2 saturated heterocycles. The van der Waals surface area contributed by atoms with Gasteiger partial charge in [-0.3, -0.25) is 0 Å². The van der Waals surface area contributed by atoms with Gasteiger partial charge in [0.25, 0.3) is 0 Å².